The highest BCUT2D eigenvalue weighted by Crippen LogP contribution is 2.35. The standard InChI is InChI=1S/C12H20N2O2S/c1-8(17)13-5-10-4-11(6-13)14(10)12(15)9-2-3-16-7-9/h8-11,17H,2-7H2,1H3. The summed E-state index contributed by atoms with van der Waals surface area (Å²) in [7, 11) is 0. The van der Waals surface area contributed by atoms with Gasteiger partial charge in [-0.25, -0.2) is 0 Å². The highest BCUT2D eigenvalue weighted by atomic mass is 32.1. The van der Waals surface area contributed by atoms with Gasteiger partial charge in [0.1, 0.15) is 0 Å². The Morgan fingerprint density at radius 3 is 2.65 bits per heavy atom. The van der Waals surface area contributed by atoms with E-state index < -0.39 is 0 Å². The molecule has 17 heavy (non-hydrogen) atoms. The average Bonchev–Trinajstić information content (AvgIpc) is 2.82. The van der Waals surface area contributed by atoms with E-state index >= 15 is 0 Å². The second-order valence-electron chi connectivity index (χ2n) is 5.44. The molecule has 0 radical (unpaired) electrons. The van der Waals surface area contributed by atoms with Gasteiger partial charge in [-0.2, -0.15) is 12.6 Å². The van der Waals surface area contributed by atoms with Gasteiger partial charge in [-0.05, 0) is 19.8 Å². The molecule has 4 fully saturated rings. The van der Waals surface area contributed by atoms with Crippen LogP contribution in [0.2, 0.25) is 0 Å². The smallest absolute Gasteiger partial charge is 0.228 e. The van der Waals surface area contributed by atoms with E-state index in [1.165, 1.54) is 6.42 Å². The minimum atomic E-state index is 0.125. The van der Waals surface area contributed by atoms with Gasteiger partial charge in [0.15, 0.2) is 0 Å². The normalized spacial score (nSPS) is 38.9. The van der Waals surface area contributed by atoms with Crippen LogP contribution in [-0.2, 0) is 9.53 Å². The fourth-order valence-electron chi connectivity index (χ4n) is 3.25. The molecule has 1 amide bonds. The molecule has 4 aliphatic rings. The maximum Gasteiger partial charge on any atom is 0.228 e. The summed E-state index contributed by atoms with van der Waals surface area (Å²) in [6.07, 6.45) is 2.08. The number of ether oxygens (including phenoxy) is 1. The first-order chi connectivity index (χ1) is 8.16. The molecule has 0 saturated carbocycles. The number of amides is 1. The lowest BCUT2D eigenvalue weighted by Crippen LogP contribution is -2.71. The van der Waals surface area contributed by atoms with E-state index in [0.29, 0.717) is 30.0 Å². The third kappa shape index (κ3) is 1.98. The van der Waals surface area contributed by atoms with Gasteiger partial charge in [0, 0.05) is 31.8 Å². The second-order valence-corrected chi connectivity index (χ2v) is 6.18. The Hall–Kier alpha value is -0.260. The van der Waals surface area contributed by atoms with Crippen LogP contribution in [0.25, 0.3) is 0 Å². The first-order valence-electron chi connectivity index (χ1n) is 6.49. The largest absolute Gasteiger partial charge is 0.381 e. The predicted molar refractivity (Wildman–Crippen MR) is 68.0 cm³/mol. The maximum absolute atomic E-state index is 12.3. The number of rotatable bonds is 2. The molecule has 0 spiro atoms. The van der Waals surface area contributed by atoms with E-state index in [1.54, 1.807) is 0 Å². The van der Waals surface area contributed by atoms with E-state index in [1.807, 2.05) is 0 Å². The molecule has 0 aliphatic carbocycles. The third-order valence-corrected chi connectivity index (χ3v) is 4.61. The molecule has 5 heteroatoms. The third-order valence-electron chi connectivity index (χ3n) is 4.28. The molecule has 0 aromatic heterocycles. The topological polar surface area (TPSA) is 32.8 Å². The quantitative estimate of drug-likeness (QED) is 0.734. The molecule has 4 nitrogen and oxygen atoms in total. The van der Waals surface area contributed by atoms with E-state index in [4.69, 9.17) is 4.74 Å². The zero-order valence-corrected chi connectivity index (χ0v) is 11.1. The molecular formula is C12H20N2O2S. The maximum atomic E-state index is 12.3. The molecule has 96 valence electrons. The Balaban J connectivity index is 1.62. The average molecular weight is 256 g/mol. The number of nitrogens with zero attached hydrogens (tertiary/aromatic N) is 2. The zero-order chi connectivity index (χ0) is 12.0. The summed E-state index contributed by atoms with van der Waals surface area (Å²) in [5.74, 6) is 0.454. The van der Waals surface area contributed by atoms with Crippen molar-refractivity contribution in [3.8, 4) is 0 Å². The number of carbonyl (C=O) groups excluding carboxylic acids is 1. The Morgan fingerprint density at radius 2 is 2.12 bits per heavy atom. The van der Waals surface area contributed by atoms with E-state index in [-0.39, 0.29) is 5.92 Å². The van der Waals surface area contributed by atoms with Crippen molar-refractivity contribution in [2.45, 2.75) is 37.2 Å². The van der Waals surface area contributed by atoms with Crippen LogP contribution < -0.4 is 0 Å². The SMILES string of the molecule is CC(S)N1CC2CC(C1)N2C(=O)C1CCOC1. The molecule has 0 aromatic rings. The molecule has 4 atom stereocenters. The molecular weight excluding hydrogens is 236 g/mol. The van der Waals surface area contributed by atoms with E-state index in [9.17, 15) is 4.79 Å². The summed E-state index contributed by atoms with van der Waals surface area (Å²) in [4.78, 5) is 16.8. The molecule has 4 saturated heterocycles. The van der Waals surface area contributed by atoms with Crippen LogP contribution in [0.15, 0.2) is 0 Å². The van der Waals surface area contributed by atoms with Gasteiger partial charge in [-0.15, -0.1) is 0 Å². The van der Waals surface area contributed by atoms with E-state index in [0.717, 1.165) is 26.1 Å². The molecule has 4 rings (SSSR count). The molecule has 4 aliphatic heterocycles. The number of fused-ring (bicyclic) bond motifs is 2. The molecule has 0 aromatic carbocycles. The van der Waals surface area contributed by atoms with Gasteiger partial charge in [-0.1, -0.05) is 0 Å². The summed E-state index contributed by atoms with van der Waals surface area (Å²) < 4.78 is 5.31. The van der Waals surface area contributed by atoms with Crippen molar-refractivity contribution in [2.75, 3.05) is 26.3 Å². The highest BCUT2D eigenvalue weighted by molar-refractivity contribution is 7.80. The lowest BCUT2D eigenvalue weighted by molar-refractivity contribution is -0.158. The van der Waals surface area contributed by atoms with Crippen molar-refractivity contribution in [1.29, 1.82) is 0 Å². The first-order valence-corrected chi connectivity index (χ1v) is 7.00. The second kappa shape index (κ2) is 4.44. The van der Waals surface area contributed by atoms with Crippen LogP contribution in [0.4, 0.5) is 0 Å². The molecule has 0 N–H and O–H groups in total. The summed E-state index contributed by atoms with van der Waals surface area (Å²) >= 11 is 4.47. The lowest BCUT2D eigenvalue weighted by atomic mass is 9.85. The summed E-state index contributed by atoms with van der Waals surface area (Å²) in [5, 5.41) is 0.298. The number of thiol groups is 1. The van der Waals surface area contributed by atoms with Gasteiger partial charge in [0.2, 0.25) is 5.91 Å². The first kappa shape index (κ1) is 11.8. The van der Waals surface area contributed by atoms with Crippen LogP contribution in [0, 0.1) is 5.92 Å². The number of piperidine rings is 1. The van der Waals surface area contributed by atoms with Crippen molar-refractivity contribution in [2.24, 2.45) is 5.92 Å². The van der Waals surface area contributed by atoms with Crippen LogP contribution >= 0.6 is 12.6 Å². The van der Waals surface area contributed by atoms with Gasteiger partial charge >= 0.3 is 0 Å². The molecule has 4 heterocycles. The van der Waals surface area contributed by atoms with Gasteiger partial charge in [0.05, 0.1) is 17.9 Å². The van der Waals surface area contributed by atoms with Crippen LogP contribution in [0.5, 0.6) is 0 Å². The van der Waals surface area contributed by atoms with Crippen molar-refractivity contribution in [1.82, 2.24) is 9.80 Å². The van der Waals surface area contributed by atoms with Crippen molar-refractivity contribution in [3.63, 3.8) is 0 Å². The molecule has 4 unspecified atom stereocenters. The predicted octanol–water partition coefficient (Wildman–Crippen LogP) is 0.584. The van der Waals surface area contributed by atoms with Crippen molar-refractivity contribution in [3.05, 3.63) is 0 Å². The zero-order valence-electron chi connectivity index (χ0n) is 10.2. The Kier molecular flexibility index (Phi) is 3.09. The number of hydrogen-bond acceptors (Lipinski definition) is 4. The molecule has 2 bridgehead atoms. The van der Waals surface area contributed by atoms with Gasteiger partial charge in [-0.3, -0.25) is 9.69 Å². The highest BCUT2D eigenvalue weighted by Gasteiger charge is 2.49. The summed E-state index contributed by atoms with van der Waals surface area (Å²) in [6.45, 7) is 5.45. The summed E-state index contributed by atoms with van der Waals surface area (Å²) in [5.41, 5.74) is 0. The monoisotopic (exact) mass is 256 g/mol. The van der Waals surface area contributed by atoms with Crippen molar-refractivity contribution < 1.29 is 9.53 Å². The van der Waals surface area contributed by atoms with Crippen LogP contribution in [-0.4, -0.2) is 59.5 Å². The van der Waals surface area contributed by atoms with Crippen LogP contribution in [0.3, 0.4) is 0 Å². The Morgan fingerprint density at radius 1 is 1.41 bits per heavy atom. The fourth-order valence-corrected chi connectivity index (χ4v) is 3.44. The lowest BCUT2D eigenvalue weighted by Gasteiger charge is -2.57. The summed E-state index contributed by atoms with van der Waals surface area (Å²) in [6, 6.07) is 0.855. The Bertz CT molecular complexity index is 306. The van der Waals surface area contributed by atoms with Gasteiger partial charge < -0.3 is 9.64 Å². The minimum absolute atomic E-state index is 0.125. The van der Waals surface area contributed by atoms with Crippen LogP contribution in [0.1, 0.15) is 19.8 Å². The minimum Gasteiger partial charge on any atom is -0.381 e. The Labute approximate surface area is 108 Å². The van der Waals surface area contributed by atoms with E-state index in [2.05, 4.69) is 29.4 Å². The fraction of sp³-hybridized carbons (Fsp3) is 0.917. The van der Waals surface area contributed by atoms with Crippen molar-refractivity contribution >= 4 is 18.5 Å². The van der Waals surface area contributed by atoms with Gasteiger partial charge in [0.25, 0.3) is 0 Å². The number of hydrogen-bond donors (Lipinski definition) is 1. The number of piperazine rings is 1. The number of carbonyl (C=O) groups is 1.